The van der Waals surface area contributed by atoms with Crippen molar-refractivity contribution in [3.8, 4) is 5.75 Å². The average Bonchev–Trinajstić information content (AvgIpc) is 3.05. The molecular formula is C17H23NO3. The number of benzene rings is 1. The lowest BCUT2D eigenvalue weighted by molar-refractivity contribution is -0.0612. The lowest BCUT2D eigenvalue weighted by atomic mass is 9.98. The van der Waals surface area contributed by atoms with Crippen LogP contribution >= 0.6 is 0 Å². The Morgan fingerprint density at radius 1 is 1.29 bits per heavy atom. The molecule has 1 aromatic carbocycles. The van der Waals surface area contributed by atoms with Gasteiger partial charge in [-0.3, -0.25) is 0 Å². The van der Waals surface area contributed by atoms with Crippen LogP contribution in [0.15, 0.2) is 24.3 Å². The van der Waals surface area contributed by atoms with Gasteiger partial charge in [0.05, 0.1) is 0 Å². The third-order valence-corrected chi connectivity index (χ3v) is 4.23. The lowest BCUT2D eigenvalue weighted by Crippen LogP contribution is -2.21. The zero-order valence-electron chi connectivity index (χ0n) is 12.7. The van der Waals surface area contributed by atoms with Gasteiger partial charge in [0.25, 0.3) is 0 Å². The number of aromatic amines is 1. The van der Waals surface area contributed by atoms with Gasteiger partial charge in [0.15, 0.2) is 6.29 Å². The number of H-pyrrole nitrogens is 1. The monoisotopic (exact) mass is 289 g/mol. The van der Waals surface area contributed by atoms with Gasteiger partial charge in [-0.25, -0.2) is 0 Å². The van der Waals surface area contributed by atoms with E-state index in [0.29, 0.717) is 6.61 Å². The normalized spacial score (nSPS) is 19.0. The highest BCUT2D eigenvalue weighted by atomic mass is 16.7. The van der Waals surface area contributed by atoms with Crippen LogP contribution in [0.5, 0.6) is 5.75 Å². The van der Waals surface area contributed by atoms with Crippen LogP contribution in [0.4, 0.5) is 0 Å². The van der Waals surface area contributed by atoms with E-state index in [-0.39, 0.29) is 6.29 Å². The Kier molecular flexibility index (Phi) is 3.91. The molecule has 0 bridgehead atoms. The maximum Gasteiger partial charge on any atom is 0.196 e. The topological polar surface area (TPSA) is 54.5 Å². The number of fused-ring (bicyclic) bond motifs is 1. The zero-order valence-corrected chi connectivity index (χ0v) is 12.7. The number of nitrogens with one attached hydrogen (secondary N) is 1. The van der Waals surface area contributed by atoms with Crippen molar-refractivity contribution in [3.05, 3.63) is 30.0 Å². The van der Waals surface area contributed by atoms with Crippen LogP contribution in [0.3, 0.4) is 0 Å². The largest absolute Gasteiger partial charge is 0.465 e. The second-order valence-electron chi connectivity index (χ2n) is 5.81. The summed E-state index contributed by atoms with van der Waals surface area (Å²) in [6.07, 6.45) is 3.60. The number of hydrogen-bond donors (Lipinski definition) is 2. The van der Waals surface area contributed by atoms with Gasteiger partial charge in [0, 0.05) is 23.2 Å². The highest BCUT2D eigenvalue weighted by Gasteiger charge is 2.34. The minimum Gasteiger partial charge on any atom is -0.465 e. The highest BCUT2D eigenvalue weighted by Crippen LogP contribution is 2.39. The summed E-state index contributed by atoms with van der Waals surface area (Å²) in [4.78, 5) is 3.35. The molecule has 2 N–H and O–H groups in total. The molecule has 114 valence electrons. The van der Waals surface area contributed by atoms with Crippen molar-refractivity contribution in [3.63, 3.8) is 0 Å². The highest BCUT2D eigenvalue weighted by molar-refractivity contribution is 5.82. The number of aliphatic hydroxyl groups is 1. The molecule has 0 amide bonds. The van der Waals surface area contributed by atoms with Crippen molar-refractivity contribution < 1.29 is 14.6 Å². The van der Waals surface area contributed by atoms with Crippen LogP contribution in [0, 0.1) is 0 Å². The first-order chi connectivity index (χ1) is 10.1. The Balaban J connectivity index is 1.85. The third-order valence-electron chi connectivity index (χ3n) is 4.23. The first-order valence-electron chi connectivity index (χ1n) is 7.74. The molecule has 1 aromatic heterocycles. The average molecular weight is 289 g/mol. The fraction of sp³-hybridized carbons (Fsp3) is 0.529. The van der Waals surface area contributed by atoms with Crippen LogP contribution in [-0.2, 0) is 10.3 Å². The summed E-state index contributed by atoms with van der Waals surface area (Å²) < 4.78 is 11.1. The van der Waals surface area contributed by atoms with Gasteiger partial charge in [-0.15, -0.1) is 0 Å². The second-order valence-corrected chi connectivity index (χ2v) is 5.81. The molecule has 0 radical (unpaired) electrons. The summed E-state index contributed by atoms with van der Waals surface area (Å²) in [6, 6.07) is 7.95. The maximum absolute atomic E-state index is 10.7. The van der Waals surface area contributed by atoms with Gasteiger partial charge >= 0.3 is 0 Å². The Labute approximate surface area is 125 Å². The van der Waals surface area contributed by atoms with Crippen molar-refractivity contribution in [1.82, 2.24) is 4.98 Å². The molecule has 0 saturated heterocycles. The van der Waals surface area contributed by atoms with E-state index in [1.807, 2.05) is 38.1 Å². The van der Waals surface area contributed by atoms with Gasteiger partial charge in [-0.1, -0.05) is 12.8 Å². The molecule has 4 nitrogen and oxygen atoms in total. The SMILES string of the molecule is CCOC(C)Oc1ccc2[nH]c(C3(O)CCCC3)cc2c1. The molecular weight excluding hydrogens is 266 g/mol. The molecule has 1 heterocycles. The van der Waals surface area contributed by atoms with Crippen LogP contribution in [0.1, 0.15) is 45.2 Å². The first kappa shape index (κ1) is 14.4. The van der Waals surface area contributed by atoms with Crippen molar-refractivity contribution in [2.24, 2.45) is 0 Å². The molecule has 1 fully saturated rings. The molecule has 0 aliphatic heterocycles. The minimum atomic E-state index is -0.682. The van der Waals surface area contributed by atoms with E-state index in [9.17, 15) is 5.11 Å². The van der Waals surface area contributed by atoms with Gasteiger partial charge < -0.3 is 19.6 Å². The van der Waals surface area contributed by atoms with E-state index >= 15 is 0 Å². The first-order valence-corrected chi connectivity index (χ1v) is 7.74. The van der Waals surface area contributed by atoms with E-state index < -0.39 is 5.60 Å². The van der Waals surface area contributed by atoms with Gasteiger partial charge in [0.2, 0.25) is 0 Å². The number of ether oxygens (including phenoxy) is 2. The predicted molar refractivity (Wildman–Crippen MR) is 82.4 cm³/mol. The van der Waals surface area contributed by atoms with E-state index in [0.717, 1.165) is 48.0 Å². The van der Waals surface area contributed by atoms with Gasteiger partial charge in [0.1, 0.15) is 11.4 Å². The van der Waals surface area contributed by atoms with E-state index in [1.54, 1.807) is 0 Å². The van der Waals surface area contributed by atoms with Crippen molar-refractivity contribution in [2.45, 2.75) is 51.4 Å². The summed E-state index contributed by atoms with van der Waals surface area (Å²) >= 11 is 0. The zero-order chi connectivity index (χ0) is 14.9. The Morgan fingerprint density at radius 3 is 2.76 bits per heavy atom. The molecule has 1 aliphatic rings. The van der Waals surface area contributed by atoms with E-state index in [1.165, 1.54) is 0 Å². The smallest absolute Gasteiger partial charge is 0.196 e. The second kappa shape index (κ2) is 5.70. The Hall–Kier alpha value is -1.52. The van der Waals surface area contributed by atoms with Crippen molar-refractivity contribution in [2.75, 3.05) is 6.61 Å². The molecule has 1 saturated carbocycles. The predicted octanol–water partition coefficient (Wildman–Crippen LogP) is 3.69. The van der Waals surface area contributed by atoms with Crippen LogP contribution in [0.2, 0.25) is 0 Å². The molecule has 1 atom stereocenters. The van der Waals surface area contributed by atoms with Crippen LogP contribution in [0.25, 0.3) is 10.9 Å². The summed E-state index contributed by atoms with van der Waals surface area (Å²) in [6.45, 7) is 4.46. The maximum atomic E-state index is 10.7. The molecule has 21 heavy (non-hydrogen) atoms. The fourth-order valence-electron chi connectivity index (χ4n) is 3.12. The molecule has 2 aromatic rings. The Bertz CT molecular complexity index is 614. The summed E-state index contributed by atoms with van der Waals surface area (Å²) in [7, 11) is 0. The molecule has 3 rings (SSSR count). The molecule has 4 heteroatoms. The minimum absolute atomic E-state index is 0.259. The molecule has 1 aliphatic carbocycles. The van der Waals surface area contributed by atoms with E-state index in [4.69, 9.17) is 9.47 Å². The summed E-state index contributed by atoms with van der Waals surface area (Å²) in [5, 5.41) is 11.7. The standard InChI is InChI=1S/C17H23NO3/c1-3-20-12(2)21-14-6-7-15-13(10-14)11-16(18-15)17(19)8-4-5-9-17/h6-7,10-12,18-19H,3-5,8-9H2,1-2H3. The molecule has 1 unspecified atom stereocenters. The lowest BCUT2D eigenvalue weighted by Gasteiger charge is -2.20. The number of rotatable bonds is 5. The fourth-order valence-corrected chi connectivity index (χ4v) is 3.12. The third kappa shape index (κ3) is 2.92. The molecule has 0 spiro atoms. The Morgan fingerprint density at radius 2 is 2.05 bits per heavy atom. The van der Waals surface area contributed by atoms with Crippen molar-refractivity contribution in [1.29, 1.82) is 0 Å². The van der Waals surface area contributed by atoms with Crippen LogP contribution < -0.4 is 4.74 Å². The number of aromatic nitrogens is 1. The van der Waals surface area contributed by atoms with Gasteiger partial charge in [-0.2, -0.15) is 0 Å². The quantitative estimate of drug-likeness (QED) is 0.825. The summed E-state index contributed by atoms with van der Waals surface area (Å²) in [5.41, 5.74) is 1.27. The van der Waals surface area contributed by atoms with Crippen LogP contribution in [-0.4, -0.2) is 23.0 Å². The summed E-state index contributed by atoms with van der Waals surface area (Å²) in [5.74, 6) is 0.785. The number of hydrogen-bond acceptors (Lipinski definition) is 3. The van der Waals surface area contributed by atoms with Crippen molar-refractivity contribution >= 4 is 10.9 Å². The van der Waals surface area contributed by atoms with Gasteiger partial charge in [-0.05, 0) is 51.0 Å². The van der Waals surface area contributed by atoms with E-state index in [2.05, 4.69) is 4.98 Å².